The van der Waals surface area contributed by atoms with Crippen LogP contribution in [0.2, 0.25) is 0 Å². The first kappa shape index (κ1) is 23.6. The SMILES string of the molecule is O=C(c1ccc(OC(F)(F)F)cc1)N1CCC(c2ccnc3nc([C@@H]4CNCCCO4)[nH]c23)CC1. The number of piperidine rings is 1. The van der Waals surface area contributed by atoms with Crippen molar-refractivity contribution in [1.82, 2.24) is 25.2 Å². The molecule has 5 rings (SSSR count). The molecule has 186 valence electrons. The molecule has 2 fully saturated rings. The highest BCUT2D eigenvalue weighted by molar-refractivity contribution is 5.94. The number of fused-ring (bicyclic) bond motifs is 1. The molecule has 1 amide bonds. The summed E-state index contributed by atoms with van der Waals surface area (Å²) in [6, 6.07) is 7.03. The van der Waals surface area contributed by atoms with Crippen molar-refractivity contribution in [3.05, 3.63) is 53.5 Å². The monoisotopic (exact) mass is 489 g/mol. The highest BCUT2D eigenvalue weighted by Crippen LogP contribution is 2.33. The van der Waals surface area contributed by atoms with Gasteiger partial charge in [-0.05, 0) is 67.6 Å². The minimum Gasteiger partial charge on any atom is -0.406 e. The lowest BCUT2D eigenvalue weighted by atomic mass is 9.89. The molecule has 11 heteroatoms. The van der Waals surface area contributed by atoms with E-state index in [1.165, 1.54) is 12.1 Å². The number of hydrogen-bond donors (Lipinski definition) is 2. The fraction of sp³-hybridized carbons (Fsp3) is 0.458. The number of nitrogens with one attached hydrogen (secondary N) is 2. The molecule has 0 aliphatic carbocycles. The predicted octanol–water partition coefficient (Wildman–Crippen LogP) is 3.93. The van der Waals surface area contributed by atoms with Crippen molar-refractivity contribution in [1.29, 1.82) is 0 Å². The van der Waals surface area contributed by atoms with E-state index in [0.29, 0.717) is 37.5 Å². The molecule has 2 aromatic heterocycles. The molecular weight excluding hydrogens is 463 g/mol. The van der Waals surface area contributed by atoms with Crippen LogP contribution in [0.4, 0.5) is 13.2 Å². The first-order chi connectivity index (χ1) is 16.9. The van der Waals surface area contributed by atoms with Crippen LogP contribution in [-0.4, -0.2) is 64.9 Å². The van der Waals surface area contributed by atoms with Gasteiger partial charge in [-0.3, -0.25) is 4.79 Å². The summed E-state index contributed by atoms with van der Waals surface area (Å²) < 4.78 is 46.9. The molecule has 8 nitrogen and oxygen atoms in total. The van der Waals surface area contributed by atoms with Gasteiger partial charge in [-0.2, -0.15) is 0 Å². The number of H-pyrrole nitrogens is 1. The number of rotatable bonds is 4. The standard InChI is InChI=1S/C24H26F3N5O3/c25-24(26,27)35-17-4-2-16(3-5-17)23(33)32-11-7-15(8-12-32)18-6-10-29-22-20(18)30-21(31-22)19-14-28-9-1-13-34-19/h2-6,10,15,19,28H,1,7-9,11-14H2,(H,29,30,31)/t19-/m0/s1. The van der Waals surface area contributed by atoms with Crippen LogP contribution in [0.5, 0.6) is 5.75 Å². The van der Waals surface area contributed by atoms with Gasteiger partial charge in [0.1, 0.15) is 17.7 Å². The molecule has 1 aromatic carbocycles. The van der Waals surface area contributed by atoms with E-state index >= 15 is 0 Å². The largest absolute Gasteiger partial charge is 0.573 e. The average Bonchev–Trinajstić information content (AvgIpc) is 3.10. The van der Waals surface area contributed by atoms with Crippen molar-refractivity contribution < 1.29 is 27.4 Å². The molecule has 0 bridgehead atoms. The van der Waals surface area contributed by atoms with Crippen molar-refractivity contribution in [2.24, 2.45) is 0 Å². The molecule has 4 heterocycles. The third kappa shape index (κ3) is 5.40. The number of aromatic nitrogens is 3. The van der Waals surface area contributed by atoms with Gasteiger partial charge in [0.2, 0.25) is 0 Å². The first-order valence-corrected chi connectivity index (χ1v) is 11.7. The topological polar surface area (TPSA) is 92.4 Å². The average molecular weight is 489 g/mol. The van der Waals surface area contributed by atoms with Gasteiger partial charge in [0.05, 0.1) is 5.52 Å². The Bertz CT molecular complexity index is 1170. The zero-order chi connectivity index (χ0) is 24.4. The number of benzene rings is 1. The third-order valence-electron chi connectivity index (χ3n) is 6.45. The van der Waals surface area contributed by atoms with Gasteiger partial charge in [-0.25, -0.2) is 9.97 Å². The maximum absolute atomic E-state index is 12.9. The van der Waals surface area contributed by atoms with Crippen LogP contribution in [0.3, 0.4) is 0 Å². The second-order valence-corrected chi connectivity index (χ2v) is 8.78. The third-order valence-corrected chi connectivity index (χ3v) is 6.45. The Morgan fingerprint density at radius 2 is 1.91 bits per heavy atom. The second kappa shape index (κ2) is 9.82. The molecule has 2 saturated heterocycles. The minimum atomic E-state index is -4.76. The number of amides is 1. The van der Waals surface area contributed by atoms with Crippen molar-refractivity contribution in [3.8, 4) is 5.75 Å². The first-order valence-electron chi connectivity index (χ1n) is 11.7. The van der Waals surface area contributed by atoms with Gasteiger partial charge < -0.3 is 24.7 Å². The lowest BCUT2D eigenvalue weighted by Crippen LogP contribution is -2.38. The van der Waals surface area contributed by atoms with E-state index < -0.39 is 6.36 Å². The number of hydrogen-bond acceptors (Lipinski definition) is 6. The lowest BCUT2D eigenvalue weighted by molar-refractivity contribution is -0.274. The number of carbonyl (C=O) groups excluding carboxylic acids is 1. The minimum absolute atomic E-state index is 0.146. The summed E-state index contributed by atoms with van der Waals surface area (Å²) in [7, 11) is 0. The normalized spacial score (nSPS) is 20.1. The zero-order valence-corrected chi connectivity index (χ0v) is 19.0. The molecule has 1 atom stereocenters. The van der Waals surface area contributed by atoms with E-state index in [1.807, 2.05) is 6.07 Å². The van der Waals surface area contributed by atoms with E-state index in [-0.39, 0.29) is 23.7 Å². The van der Waals surface area contributed by atoms with Gasteiger partial charge in [-0.1, -0.05) is 0 Å². The predicted molar refractivity (Wildman–Crippen MR) is 121 cm³/mol. The molecular formula is C24H26F3N5O3. The number of carbonyl (C=O) groups is 1. The van der Waals surface area contributed by atoms with E-state index in [4.69, 9.17) is 4.74 Å². The number of pyridine rings is 1. The fourth-order valence-electron chi connectivity index (χ4n) is 4.71. The lowest BCUT2D eigenvalue weighted by Gasteiger charge is -2.32. The maximum atomic E-state index is 12.9. The summed E-state index contributed by atoms with van der Waals surface area (Å²) in [5.41, 5.74) is 3.01. The highest BCUT2D eigenvalue weighted by atomic mass is 19.4. The highest BCUT2D eigenvalue weighted by Gasteiger charge is 2.31. The Morgan fingerprint density at radius 3 is 2.66 bits per heavy atom. The molecule has 2 aliphatic heterocycles. The summed E-state index contributed by atoms with van der Waals surface area (Å²) in [5.74, 6) is 0.440. The molecule has 0 spiro atoms. The number of likely N-dealkylation sites (tertiary alicyclic amines) is 1. The summed E-state index contributed by atoms with van der Waals surface area (Å²) in [6.45, 7) is 3.39. The molecule has 0 unspecified atom stereocenters. The number of halogens is 3. The Hall–Kier alpha value is -3.18. The van der Waals surface area contributed by atoms with Gasteiger partial charge >= 0.3 is 6.36 Å². The Labute approximate surface area is 199 Å². The van der Waals surface area contributed by atoms with Crippen LogP contribution in [0.1, 0.15) is 53.0 Å². The van der Waals surface area contributed by atoms with Crippen LogP contribution < -0.4 is 10.1 Å². The maximum Gasteiger partial charge on any atom is 0.573 e. The number of aromatic amines is 1. The molecule has 35 heavy (non-hydrogen) atoms. The van der Waals surface area contributed by atoms with Gasteiger partial charge in [-0.15, -0.1) is 13.2 Å². The van der Waals surface area contributed by atoms with Gasteiger partial charge in [0.15, 0.2) is 5.65 Å². The molecule has 0 radical (unpaired) electrons. The van der Waals surface area contributed by atoms with Crippen molar-refractivity contribution in [2.75, 3.05) is 32.8 Å². The van der Waals surface area contributed by atoms with Crippen LogP contribution in [0.25, 0.3) is 11.2 Å². The fourth-order valence-corrected chi connectivity index (χ4v) is 4.71. The number of imidazole rings is 1. The van der Waals surface area contributed by atoms with Crippen molar-refractivity contribution in [3.63, 3.8) is 0 Å². The second-order valence-electron chi connectivity index (χ2n) is 8.78. The summed E-state index contributed by atoms with van der Waals surface area (Å²) >= 11 is 0. The molecule has 2 N–H and O–H groups in total. The molecule has 0 saturated carbocycles. The van der Waals surface area contributed by atoms with Crippen molar-refractivity contribution in [2.45, 2.75) is 37.6 Å². The van der Waals surface area contributed by atoms with Crippen LogP contribution in [0, 0.1) is 0 Å². The van der Waals surface area contributed by atoms with Crippen LogP contribution in [0.15, 0.2) is 36.5 Å². The molecule has 3 aromatic rings. The van der Waals surface area contributed by atoms with E-state index in [1.54, 1.807) is 11.1 Å². The van der Waals surface area contributed by atoms with E-state index in [9.17, 15) is 18.0 Å². The zero-order valence-electron chi connectivity index (χ0n) is 19.0. The van der Waals surface area contributed by atoms with E-state index in [0.717, 1.165) is 54.8 Å². The summed E-state index contributed by atoms with van der Waals surface area (Å²) in [5, 5.41) is 3.36. The Morgan fingerprint density at radius 1 is 1.14 bits per heavy atom. The number of nitrogens with zero attached hydrogens (tertiary/aromatic N) is 3. The Kier molecular flexibility index (Phi) is 6.61. The smallest absolute Gasteiger partial charge is 0.406 e. The number of alkyl halides is 3. The van der Waals surface area contributed by atoms with Crippen LogP contribution >= 0.6 is 0 Å². The van der Waals surface area contributed by atoms with Crippen LogP contribution in [-0.2, 0) is 4.74 Å². The van der Waals surface area contributed by atoms with Gasteiger partial charge in [0.25, 0.3) is 5.91 Å². The number of ether oxygens (including phenoxy) is 2. The Balaban J connectivity index is 1.25. The summed E-state index contributed by atoms with van der Waals surface area (Å²) in [6.07, 6.45) is -0.668. The summed E-state index contributed by atoms with van der Waals surface area (Å²) in [4.78, 5) is 27.1. The quantitative estimate of drug-likeness (QED) is 0.577. The van der Waals surface area contributed by atoms with Gasteiger partial charge in [0, 0.05) is 38.0 Å². The van der Waals surface area contributed by atoms with E-state index in [2.05, 4.69) is 25.0 Å². The molecule has 2 aliphatic rings. The van der Waals surface area contributed by atoms with Crippen molar-refractivity contribution >= 4 is 17.1 Å².